The van der Waals surface area contributed by atoms with E-state index in [4.69, 9.17) is 28.3 Å². The van der Waals surface area contributed by atoms with E-state index in [2.05, 4.69) is 26.6 Å². The lowest BCUT2D eigenvalue weighted by molar-refractivity contribution is -0.137. The van der Waals surface area contributed by atoms with Gasteiger partial charge in [0.1, 0.15) is 0 Å². The number of benzene rings is 1. The average Bonchev–Trinajstić information content (AvgIpc) is 2.32. The molecule has 20 heavy (non-hydrogen) atoms. The third-order valence-corrected chi connectivity index (χ3v) is 3.55. The number of urea groups is 1. The van der Waals surface area contributed by atoms with Gasteiger partial charge in [0.25, 0.3) is 0 Å². The molecule has 1 aromatic rings. The quantitative estimate of drug-likeness (QED) is 0.715. The molecule has 1 atom stereocenters. The van der Waals surface area contributed by atoms with Crippen LogP contribution in [0.5, 0.6) is 0 Å². The van der Waals surface area contributed by atoms with Crippen LogP contribution in [0.15, 0.2) is 16.6 Å². The van der Waals surface area contributed by atoms with Gasteiger partial charge in [0, 0.05) is 10.5 Å². The summed E-state index contributed by atoms with van der Waals surface area (Å²) in [4.78, 5) is 22.4. The van der Waals surface area contributed by atoms with E-state index in [0.717, 1.165) is 0 Å². The summed E-state index contributed by atoms with van der Waals surface area (Å²) in [5.74, 6) is -0.975. The van der Waals surface area contributed by atoms with Crippen LogP contribution in [0.1, 0.15) is 19.8 Å². The lowest BCUT2D eigenvalue weighted by Gasteiger charge is -2.16. The summed E-state index contributed by atoms with van der Waals surface area (Å²) in [5.41, 5.74) is 0.277. The van der Waals surface area contributed by atoms with Crippen molar-refractivity contribution in [3.05, 3.63) is 26.7 Å². The number of hydrogen-bond donors (Lipinski definition) is 3. The number of carboxylic acids is 1. The highest BCUT2D eigenvalue weighted by atomic mass is 79.9. The van der Waals surface area contributed by atoms with E-state index in [-0.39, 0.29) is 22.2 Å². The molecule has 0 radical (unpaired) electrons. The molecule has 0 bridgehead atoms. The Morgan fingerprint density at radius 2 is 1.90 bits per heavy atom. The first-order valence-electron chi connectivity index (χ1n) is 5.77. The Morgan fingerprint density at radius 3 is 2.35 bits per heavy atom. The predicted molar refractivity (Wildman–Crippen MR) is 82.6 cm³/mol. The van der Waals surface area contributed by atoms with Crippen LogP contribution in [0.2, 0.25) is 10.0 Å². The number of carboxylic acid groups (broad SMARTS) is 1. The summed E-state index contributed by atoms with van der Waals surface area (Å²) >= 11 is 15.2. The number of aliphatic carboxylic acids is 1. The van der Waals surface area contributed by atoms with Crippen molar-refractivity contribution >= 4 is 56.8 Å². The van der Waals surface area contributed by atoms with E-state index < -0.39 is 18.0 Å². The Labute approximate surface area is 134 Å². The molecule has 0 aliphatic carbocycles. The number of carbonyl (C=O) groups excluding carboxylic acids is 1. The van der Waals surface area contributed by atoms with Crippen molar-refractivity contribution in [1.29, 1.82) is 0 Å². The van der Waals surface area contributed by atoms with E-state index in [1.165, 1.54) is 0 Å². The van der Waals surface area contributed by atoms with Crippen LogP contribution in [0.4, 0.5) is 10.5 Å². The number of nitrogens with one attached hydrogen (secondary N) is 2. The molecule has 0 aromatic heterocycles. The maximum absolute atomic E-state index is 11.8. The van der Waals surface area contributed by atoms with Gasteiger partial charge >= 0.3 is 12.0 Å². The minimum absolute atomic E-state index is 0.147. The Bertz CT molecular complexity index is 502. The van der Waals surface area contributed by atoms with Crippen LogP contribution >= 0.6 is 39.1 Å². The highest BCUT2D eigenvalue weighted by Crippen LogP contribution is 2.33. The fourth-order valence-corrected chi connectivity index (χ4v) is 2.81. The molecule has 5 nitrogen and oxygen atoms in total. The number of halogens is 3. The second kappa shape index (κ2) is 7.71. The molecule has 1 rings (SSSR count). The van der Waals surface area contributed by atoms with Crippen LogP contribution in [0.25, 0.3) is 0 Å². The van der Waals surface area contributed by atoms with Gasteiger partial charge in [-0.3, -0.25) is 4.79 Å². The monoisotopic (exact) mass is 382 g/mol. The third kappa shape index (κ3) is 5.19. The second-order valence-corrected chi connectivity index (χ2v) is 5.78. The smallest absolute Gasteiger partial charge is 0.319 e. The van der Waals surface area contributed by atoms with Gasteiger partial charge < -0.3 is 15.7 Å². The number of rotatable bonds is 5. The molecule has 0 heterocycles. The van der Waals surface area contributed by atoms with Crippen LogP contribution in [-0.4, -0.2) is 23.1 Å². The molecule has 0 saturated carbocycles. The van der Waals surface area contributed by atoms with Gasteiger partial charge in [0.15, 0.2) is 0 Å². The standard InChI is InChI=1S/C12H13BrCl2N2O3/c1-2-7(5-10(18)19)16-12(20)17-11-8(14)3-6(13)4-9(11)15/h3-4,7H,2,5H2,1H3,(H,18,19)(H2,16,17,20). The van der Waals surface area contributed by atoms with Crippen LogP contribution < -0.4 is 10.6 Å². The first-order chi connectivity index (χ1) is 9.33. The fraction of sp³-hybridized carbons (Fsp3) is 0.333. The second-order valence-electron chi connectivity index (χ2n) is 4.05. The zero-order valence-electron chi connectivity index (χ0n) is 10.5. The molecule has 0 spiro atoms. The maximum atomic E-state index is 11.8. The first kappa shape index (κ1) is 17.1. The Morgan fingerprint density at radius 1 is 1.35 bits per heavy atom. The van der Waals surface area contributed by atoms with Crippen molar-refractivity contribution in [2.75, 3.05) is 5.32 Å². The van der Waals surface area contributed by atoms with Crippen molar-refractivity contribution in [2.24, 2.45) is 0 Å². The van der Waals surface area contributed by atoms with Crippen molar-refractivity contribution in [2.45, 2.75) is 25.8 Å². The van der Waals surface area contributed by atoms with Gasteiger partial charge in [-0.05, 0) is 18.6 Å². The lowest BCUT2D eigenvalue weighted by atomic mass is 10.1. The van der Waals surface area contributed by atoms with Crippen LogP contribution in [0, 0.1) is 0 Å². The lowest BCUT2D eigenvalue weighted by Crippen LogP contribution is -2.39. The highest BCUT2D eigenvalue weighted by Gasteiger charge is 2.16. The third-order valence-electron chi connectivity index (χ3n) is 2.49. The predicted octanol–water partition coefficient (Wildman–Crippen LogP) is 4.13. The van der Waals surface area contributed by atoms with Gasteiger partial charge in [0.05, 0.1) is 22.2 Å². The van der Waals surface area contributed by atoms with Crippen molar-refractivity contribution in [3.8, 4) is 0 Å². The molecular weight excluding hydrogens is 371 g/mol. The summed E-state index contributed by atoms with van der Waals surface area (Å²) in [6.07, 6.45) is 0.354. The summed E-state index contributed by atoms with van der Waals surface area (Å²) in [5, 5.41) is 14.4. The van der Waals surface area contributed by atoms with Gasteiger partial charge in [0.2, 0.25) is 0 Å². The molecule has 0 aliphatic rings. The molecule has 1 unspecified atom stereocenters. The normalized spacial score (nSPS) is 11.8. The number of amides is 2. The summed E-state index contributed by atoms with van der Waals surface area (Å²) in [6.45, 7) is 1.79. The number of anilines is 1. The van der Waals surface area contributed by atoms with Gasteiger partial charge in [-0.1, -0.05) is 46.1 Å². The van der Waals surface area contributed by atoms with Crippen LogP contribution in [0.3, 0.4) is 0 Å². The molecule has 0 fully saturated rings. The van der Waals surface area contributed by atoms with Crippen molar-refractivity contribution in [1.82, 2.24) is 5.32 Å². The number of hydrogen-bond acceptors (Lipinski definition) is 2. The van der Waals surface area contributed by atoms with Crippen LogP contribution in [-0.2, 0) is 4.79 Å². The highest BCUT2D eigenvalue weighted by molar-refractivity contribution is 9.10. The van der Waals surface area contributed by atoms with Gasteiger partial charge in [-0.25, -0.2) is 4.79 Å². The van der Waals surface area contributed by atoms with E-state index in [0.29, 0.717) is 10.9 Å². The zero-order valence-corrected chi connectivity index (χ0v) is 13.6. The molecule has 3 N–H and O–H groups in total. The number of carbonyl (C=O) groups is 2. The van der Waals surface area contributed by atoms with E-state index in [1.807, 2.05) is 0 Å². The molecular formula is C12H13BrCl2N2O3. The molecule has 2 amide bonds. The Hall–Kier alpha value is -0.980. The molecule has 8 heteroatoms. The first-order valence-corrected chi connectivity index (χ1v) is 7.32. The topological polar surface area (TPSA) is 78.4 Å². The molecule has 0 saturated heterocycles. The van der Waals surface area contributed by atoms with Crippen molar-refractivity contribution < 1.29 is 14.7 Å². The minimum atomic E-state index is -0.975. The van der Waals surface area contributed by atoms with E-state index in [1.54, 1.807) is 19.1 Å². The molecule has 1 aromatic carbocycles. The molecule has 110 valence electrons. The van der Waals surface area contributed by atoms with Gasteiger partial charge in [-0.2, -0.15) is 0 Å². The van der Waals surface area contributed by atoms with Gasteiger partial charge in [-0.15, -0.1) is 0 Å². The largest absolute Gasteiger partial charge is 0.481 e. The summed E-state index contributed by atoms with van der Waals surface area (Å²) in [7, 11) is 0. The zero-order chi connectivity index (χ0) is 15.3. The Balaban J connectivity index is 2.73. The van der Waals surface area contributed by atoms with E-state index in [9.17, 15) is 9.59 Å². The fourth-order valence-electron chi connectivity index (χ4n) is 1.50. The average molecular weight is 384 g/mol. The molecule has 0 aliphatic heterocycles. The minimum Gasteiger partial charge on any atom is -0.481 e. The Kier molecular flexibility index (Phi) is 6.58. The van der Waals surface area contributed by atoms with E-state index >= 15 is 0 Å². The van der Waals surface area contributed by atoms with Crippen molar-refractivity contribution in [3.63, 3.8) is 0 Å². The summed E-state index contributed by atoms with van der Waals surface area (Å²) in [6, 6.07) is 2.18. The SMILES string of the molecule is CCC(CC(=O)O)NC(=O)Nc1c(Cl)cc(Br)cc1Cl. The maximum Gasteiger partial charge on any atom is 0.319 e. The summed E-state index contributed by atoms with van der Waals surface area (Å²) < 4.78 is 0.691.